The maximum Gasteiger partial charge on any atom is 0.412 e. The molecule has 20 heavy (non-hydrogen) atoms. The van der Waals surface area contributed by atoms with Crippen LogP contribution in [0.4, 0.5) is 0 Å². The summed E-state index contributed by atoms with van der Waals surface area (Å²) < 4.78 is 36.8. The minimum Gasteiger partial charge on any atom is -0.382 e. The summed E-state index contributed by atoms with van der Waals surface area (Å²) in [6, 6.07) is 0. The van der Waals surface area contributed by atoms with Crippen LogP contribution >= 0.6 is 0 Å². The van der Waals surface area contributed by atoms with Crippen molar-refractivity contribution in [2.45, 2.75) is 6.16 Å². The highest BCUT2D eigenvalue weighted by atomic mass is 17.0. The van der Waals surface area contributed by atoms with E-state index in [1.54, 1.807) is 21.3 Å². The lowest BCUT2D eigenvalue weighted by Crippen LogP contribution is -2.45. The van der Waals surface area contributed by atoms with Crippen molar-refractivity contribution in [2.24, 2.45) is 5.73 Å². The molecule has 0 aromatic carbocycles. The van der Waals surface area contributed by atoms with E-state index in [1.165, 1.54) is 0 Å². The summed E-state index contributed by atoms with van der Waals surface area (Å²) in [6.07, 6.45) is -1.62. The molecular formula is C12H27NO7. The molecule has 8 nitrogen and oxygen atoms in total. The van der Waals surface area contributed by atoms with Crippen LogP contribution in [0.2, 0.25) is 0 Å². The van der Waals surface area contributed by atoms with E-state index in [4.69, 9.17) is 38.9 Å². The van der Waals surface area contributed by atoms with E-state index in [-0.39, 0.29) is 26.4 Å². The Bertz CT molecular complexity index is 180. The highest BCUT2D eigenvalue weighted by molar-refractivity contribution is 4.47. The van der Waals surface area contributed by atoms with Crippen molar-refractivity contribution in [2.75, 3.05) is 74.1 Å². The zero-order valence-electron chi connectivity index (χ0n) is 12.6. The van der Waals surface area contributed by atoms with Crippen LogP contribution in [0, 0.1) is 0 Å². The van der Waals surface area contributed by atoms with Gasteiger partial charge in [-0.3, -0.25) is 0 Å². The smallest absolute Gasteiger partial charge is 0.382 e. The van der Waals surface area contributed by atoms with E-state index in [2.05, 4.69) is 0 Å². The number of nitrogens with two attached hydrogens (primary N) is 1. The second-order valence-electron chi connectivity index (χ2n) is 3.66. The van der Waals surface area contributed by atoms with Crippen molar-refractivity contribution in [1.29, 1.82) is 0 Å². The lowest BCUT2D eigenvalue weighted by atomic mass is 10.7. The summed E-state index contributed by atoms with van der Waals surface area (Å²) >= 11 is 0. The fraction of sp³-hybridized carbons (Fsp3) is 1.00. The average molecular weight is 297 g/mol. The first-order valence-corrected chi connectivity index (χ1v) is 6.47. The van der Waals surface area contributed by atoms with Gasteiger partial charge in [-0.05, 0) is 0 Å². The predicted octanol–water partition coefficient (Wildman–Crippen LogP) is -0.438. The Morgan fingerprint density at radius 2 is 0.950 bits per heavy atom. The molecule has 0 aliphatic rings. The third-order valence-electron chi connectivity index (χ3n) is 2.10. The van der Waals surface area contributed by atoms with Crippen LogP contribution in [0.15, 0.2) is 0 Å². The molecule has 0 aliphatic heterocycles. The molecule has 0 amide bonds. The van der Waals surface area contributed by atoms with Crippen LogP contribution in [0.1, 0.15) is 0 Å². The van der Waals surface area contributed by atoms with Crippen molar-refractivity contribution in [3.63, 3.8) is 0 Å². The number of rotatable bonds is 15. The summed E-state index contributed by atoms with van der Waals surface area (Å²) in [6.45, 7) is 2.45. The summed E-state index contributed by atoms with van der Waals surface area (Å²) in [5.41, 5.74) is 5.43. The molecule has 0 atom stereocenters. The van der Waals surface area contributed by atoms with Gasteiger partial charge in [-0.15, -0.1) is 0 Å². The first-order chi connectivity index (χ1) is 9.74. The number of ether oxygens (including phenoxy) is 7. The second-order valence-corrected chi connectivity index (χ2v) is 3.66. The molecule has 0 saturated heterocycles. The third-order valence-corrected chi connectivity index (χ3v) is 2.10. The lowest BCUT2D eigenvalue weighted by Gasteiger charge is -2.31. The van der Waals surface area contributed by atoms with Crippen LogP contribution in [-0.4, -0.2) is 80.3 Å². The summed E-state index contributed by atoms with van der Waals surface area (Å²) in [4.78, 5) is 0. The first-order valence-electron chi connectivity index (χ1n) is 6.47. The predicted molar refractivity (Wildman–Crippen MR) is 71.2 cm³/mol. The van der Waals surface area contributed by atoms with Gasteiger partial charge in [0.05, 0.1) is 46.2 Å². The van der Waals surface area contributed by atoms with Gasteiger partial charge in [0.15, 0.2) is 0 Å². The van der Waals surface area contributed by atoms with Gasteiger partial charge in [0, 0.05) is 27.9 Å². The number of hydrogen-bond donors (Lipinski definition) is 1. The molecule has 0 unspecified atom stereocenters. The van der Waals surface area contributed by atoms with Gasteiger partial charge in [0.2, 0.25) is 0 Å². The quantitative estimate of drug-likeness (QED) is 0.321. The SMILES string of the molecule is COCCOC(OCCN)(OCCOC)OCCOC. The molecule has 0 aliphatic carbocycles. The number of hydrogen-bond acceptors (Lipinski definition) is 8. The van der Waals surface area contributed by atoms with Crippen molar-refractivity contribution in [1.82, 2.24) is 0 Å². The lowest BCUT2D eigenvalue weighted by molar-refractivity contribution is -0.500. The molecule has 0 radical (unpaired) electrons. The Kier molecular flexibility index (Phi) is 13.4. The van der Waals surface area contributed by atoms with Gasteiger partial charge >= 0.3 is 6.16 Å². The third kappa shape index (κ3) is 9.56. The van der Waals surface area contributed by atoms with E-state index in [1.807, 2.05) is 0 Å². The van der Waals surface area contributed by atoms with Crippen LogP contribution in [0.5, 0.6) is 0 Å². The van der Waals surface area contributed by atoms with E-state index in [0.717, 1.165) is 0 Å². The maximum atomic E-state index is 5.51. The fourth-order valence-corrected chi connectivity index (χ4v) is 1.18. The highest BCUT2D eigenvalue weighted by Crippen LogP contribution is 2.17. The molecule has 0 bridgehead atoms. The molecule has 0 rings (SSSR count). The zero-order chi connectivity index (χ0) is 15.1. The minimum absolute atomic E-state index is 0.229. The Balaban J connectivity index is 4.48. The van der Waals surface area contributed by atoms with E-state index in [9.17, 15) is 0 Å². The first kappa shape index (κ1) is 19.7. The molecule has 2 N–H and O–H groups in total. The molecule has 0 fully saturated rings. The summed E-state index contributed by atoms with van der Waals surface area (Å²) in [5.74, 6) is 0. The summed E-state index contributed by atoms with van der Waals surface area (Å²) in [5, 5.41) is 0. The molecule has 0 aromatic rings. The van der Waals surface area contributed by atoms with E-state index < -0.39 is 6.16 Å². The molecule has 0 saturated carbocycles. The van der Waals surface area contributed by atoms with Gasteiger partial charge in [0.1, 0.15) is 0 Å². The molecular weight excluding hydrogens is 270 g/mol. The van der Waals surface area contributed by atoms with Crippen molar-refractivity contribution in [3.05, 3.63) is 0 Å². The molecule has 122 valence electrons. The fourth-order valence-electron chi connectivity index (χ4n) is 1.18. The topological polar surface area (TPSA) is 90.6 Å². The molecule has 0 aromatic heterocycles. The molecule has 0 heterocycles. The molecule has 0 spiro atoms. The van der Waals surface area contributed by atoms with Crippen molar-refractivity contribution < 1.29 is 33.2 Å². The number of methoxy groups -OCH3 is 3. The van der Waals surface area contributed by atoms with Gasteiger partial charge < -0.3 is 38.9 Å². The molecule has 8 heteroatoms. The van der Waals surface area contributed by atoms with Gasteiger partial charge in [-0.2, -0.15) is 0 Å². The monoisotopic (exact) mass is 297 g/mol. The zero-order valence-corrected chi connectivity index (χ0v) is 12.6. The standard InChI is InChI=1S/C12H27NO7/c1-14-6-9-18-12(17-5-4-13,19-10-7-15-2)20-11-8-16-3/h4-11,13H2,1-3H3. The van der Waals surface area contributed by atoms with E-state index in [0.29, 0.717) is 26.4 Å². The Morgan fingerprint density at radius 1 is 0.600 bits per heavy atom. The second kappa shape index (κ2) is 13.7. The van der Waals surface area contributed by atoms with Gasteiger partial charge in [0.25, 0.3) is 0 Å². The van der Waals surface area contributed by atoms with Crippen LogP contribution < -0.4 is 5.73 Å². The minimum atomic E-state index is -1.62. The Labute approximate surface area is 120 Å². The Hall–Kier alpha value is -0.320. The largest absolute Gasteiger partial charge is 0.412 e. The normalized spacial score (nSPS) is 12.0. The van der Waals surface area contributed by atoms with E-state index >= 15 is 0 Å². The van der Waals surface area contributed by atoms with Gasteiger partial charge in [-0.1, -0.05) is 0 Å². The maximum absolute atomic E-state index is 5.51. The van der Waals surface area contributed by atoms with Crippen LogP contribution in [0.25, 0.3) is 0 Å². The Morgan fingerprint density at radius 3 is 1.25 bits per heavy atom. The summed E-state index contributed by atoms with van der Waals surface area (Å²) in [7, 11) is 4.72. The van der Waals surface area contributed by atoms with Crippen molar-refractivity contribution in [3.8, 4) is 0 Å². The van der Waals surface area contributed by atoms with Gasteiger partial charge in [-0.25, -0.2) is 0 Å². The van der Waals surface area contributed by atoms with Crippen LogP contribution in [0.3, 0.4) is 0 Å². The average Bonchev–Trinajstić information content (AvgIpc) is 2.46. The van der Waals surface area contributed by atoms with Crippen LogP contribution in [-0.2, 0) is 33.2 Å². The van der Waals surface area contributed by atoms with Crippen molar-refractivity contribution >= 4 is 0 Å². The highest BCUT2D eigenvalue weighted by Gasteiger charge is 2.35.